The molecule has 0 N–H and O–H groups in total. The van der Waals surface area contributed by atoms with Crippen molar-refractivity contribution in [3.05, 3.63) is 0 Å². The number of unbranched alkanes of at least 4 members (excludes halogenated alkanes) is 2. The van der Waals surface area contributed by atoms with Crippen LogP contribution >= 0.6 is 0 Å². The highest BCUT2D eigenvalue weighted by molar-refractivity contribution is 5.78. The van der Waals surface area contributed by atoms with E-state index in [1.165, 1.54) is 0 Å². The lowest BCUT2D eigenvalue weighted by Crippen LogP contribution is -2.44. The van der Waals surface area contributed by atoms with Crippen LogP contribution in [0.1, 0.15) is 39.5 Å². The Morgan fingerprint density at radius 2 is 1.75 bits per heavy atom. The Bertz CT molecular complexity index is 305. The van der Waals surface area contributed by atoms with Crippen LogP contribution in [0.3, 0.4) is 0 Å². The summed E-state index contributed by atoms with van der Waals surface area (Å²) in [5.41, 5.74) is -0.897. The summed E-state index contributed by atoms with van der Waals surface area (Å²) in [5.74, 6) is -0.392. The predicted molar refractivity (Wildman–Crippen MR) is 71.3 cm³/mol. The molecule has 0 bridgehead atoms. The molecule has 1 heterocycles. The summed E-state index contributed by atoms with van der Waals surface area (Å²) < 4.78 is 20.0. The quantitative estimate of drug-likeness (QED) is 0.479. The van der Waals surface area contributed by atoms with Gasteiger partial charge in [-0.3, -0.25) is 4.79 Å². The summed E-state index contributed by atoms with van der Waals surface area (Å²) in [4.78, 5) is 22.6. The summed E-state index contributed by atoms with van der Waals surface area (Å²) in [6.45, 7) is 5.62. The Balaban J connectivity index is 2.06. The molecule has 0 atom stereocenters. The van der Waals surface area contributed by atoms with Gasteiger partial charge in [-0.05, 0) is 26.2 Å². The zero-order valence-electron chi connectivity index (χ0n) is 12.3. The molecule has 0 aliphatic carbocycles. The maximum absolute atomic E-state index is 11.9. The molecule has 0 unspecified atom stereocenters. The first-order chi connectivity index (χ1) is 9.58. The van der Waals surface area contributed by atoms with Crippen molar-refractivity contribution in [3.63, 3.8) is 0 Å². The summed E-state index contributed by atoms with van der Waals surface area (Å²) in [6, 6.07) is 0. The molecular weight excluding hydrogens is 264 g/mol. The third-order valence-electron chi connectivity index (χ3n) is 3.07. The number of ether oxygens (including phenoxy) is 4. The second-order valence-corrected chi connectivity index (χ2v) is 5.20. The maximum atomic E-state index is 11.9. The third kappa shape index (κ3) is 5.77. The molecular formula is C14H24O6. The van der Waals surface area contributed by atoms with Gasteiger partial charge in [-0.2, -0.15) is 0 Å². The minimum absolute atomic E-state index is 0.00476. The van der Waals surface area contributed by atoms with Crippen molar-refractivity contribution < 1.29 is 28.5 Å². The van der Waals surface area contributed by atoms with Crippen LogP contribution in [-0.2, 0) is 23.7 Å². The van der Waals surface area contributed by atoms with E-state index in [4.69, 9.17) is 18.9 Å². The first kappa shape index (κ1) is 16.8. The monoisotopic (exact) mass is 288 g/mol. The van der Waals surface area contributed by atoms with Crippen LogP contribution in [0, 0.1) is 5.41 Å². The van der Waals surface area contributed by atoms with Crippen LogP contribution in [-0.4, -0.2) is 45.2 Å². The van der Waals surface area contributed by atoms with E-state index in [2.05, 4.69) is 6.92 Å². The van der Waals surface area contributed by atoms with Gasteiger partial charge in [0.15, 0.2) is 0 Å². The Morgan fingerprint density at radius 3 is 2.40 bits per heavy atom. The number of cyclic esters (lactones) is 2. The largest absolute Gasteiger partial charge is 0.508 e. The van der Waals surface area contributed by atoms with Gasteiger partial charge in [0.2, 0.25) is 0 Å². The van der Waals surface area contributed by atoms with Crippen molar-refractivity contribution in [2.45, 2.75) is 39.5 Å². The first-order valence-electron chi connectivity index (χ1n) is 7.13. The molecule has 1 aliphatic heterocycles. The molecule has 1 fully saturated rings. The fourth-order valence-corrected chi connectivity index (χ4v) is 1.63. The van der Waals surface area contributed by atoms with Gasteiger partial charge in [0.25, 0.3) is 0 Å². The van der Waals surface area contributed by atoms with Crippen molar-refractivity contribution in [2.24, 2.45) is 5.41 Å². The molecule has 6 nitrogen and oxygen atoms in total. The third-order valence-corrected chi connectivity index (χ3v) is 3.07. The molecule has 0 aromatic carbocycles. The second-order valence-electron chi connectivity index (χ2n) is 5.20. The van der Waals surface area contributed by atoms with E-state index in [0.717, 1.165) is 32.3 Å². The minimum Gasteiger partial charge on any atom is -0.465 e. The number of hydrogen-bond acceptors (Lipinski definition) is 6. The van der Waals surface area contributed by atoms with E-state index in [1.807, 2.05) is 0 Å². The molecule has 0 radical (unpaired) electrons. The molecule has 1 rings (SSSR count). The van der Waals surface area contributed by atoms with Gasteiger partial charge in [0, 0.05) is 13.2 Å². The highest BCUT2D eigenvalue weighted by Gasteiger charge is 2.41. The first-order valence-corrected chi connectivity index (χ1v) is 7.13. The molecule has 6 heteroatoms. The SMILES string of the molecule is CCCCOCCCCOC(=O)C1(C)COC(=O)OC1. The summed E-state index contributed by atoms with van der Waals surface area (Å²) >= 11 is 0. The Labute approximate surface area is 119 Å². The van der Waals surface area contributed by atoms with Gasteiger partial charge < -0.3 is 18.9 Å². The van der Waals surface area contributed by atoms with Crippen LogP contribution in [0.2, 0.25) is 0 Å². The second kappa shape index (κ2) is 8.79. The predicted octanol–water partition coefficient (Wildman–Crippen LogP) is 2.30. The Kier molecular flexibility index (Phi) is 7.36. The number of carbonyl (C=O) groups is 2. The van der Waals surface area contributed by atoms with Crippen LogP contribution in [0.25, 0.3) is 0 Å². The molecule has 0 spiro atoms. The van der Waals surface area contributed by atoms with Crippen molar-refractivity contribution in [1.29, 1.82) is 0 Å². The van der Waals surface area contributed by atoms with E-state index < -0.39 is 17.5 Å². The topological polar surface area (TPSA) is 71.1 Å². The van der Waals surface area contributed by atoms with Gasteiger partial charge in [0.1, 0.15) is 18.6 Å². The van der Waals surface area contributed by atoms with Crippen molar-refractivity contribution in [3.8, 4) is 0 Å². The normalized spacial score (nSPS) is 17.2. The lowest BCUT2D eigenvalue weighted by atomic mass is 9.93. The standard InChI is InChI=1S/C14H24O6/c1-3-4-7-17-8-5-6-9-18-12(15)14(2)10-19-13(16)20-11-14/h3-11H2,1-2H3. The van der Waals surface area contributed by atoms with Gasteiger partial charge >= 0.3 is 12.1 Å². The minimum atomic E-state index is -0.897. The molecule has 1 aliphatic rings. The average Bonchev–Trinajstić information content (AvgIpc) is 2.45. The number of hydrogen-bond donors (Lipinski definition) is 0. The molecule has 0 aromatic heterocycles. The molecule has 0 aromatic rings. The van der Waals surface area contributed by atoms with Crippen LogP contribution < -0.4 is 0 Å². The summed E-state index contributed by atoms with van der Waals surface area (Å²) in [5, 5.41) is 0. The highest BCUT2D eigenvalue weighted by atomic mass is 16.7. The molecule has 20 heavy (non-hydrogen) atoms. The number of carbonyl (C=O) groups excluding carboxylic acids is 2. The average molecular weight is 288 g/mol. The lowest BCUT2D eigenvalue weighted by molar-refractivity contribution is -0.166. The fraction of sp³-hybridized carbons (Fsp3) is 0.857. The van der Waals surface area contributed by atoms with Gasteiger partial charge in [-0.15, -0.1) is 0 Å². The fourth-order valence-electron chi connectivity index (χ4n) is 1.63. The highest BCUT2D eigenvalue weighted by Crippen LogP contribution is 2.24. The lowest BCUT2D eigenvalue weighted by Gasteiger charge is -2.29. The van der Waals surface area contributed by atoms with Gasteiger partial charge in [0.05, 0.1) is 6.61 Å². The number of rotatable bonds is 9. The van der Waals surface area contributed by atoms with Crippen molar-refractivity contribution in [1.82, 2.24) is 0 Å². The molecule has 0 saturated carbocycles. The Hall–Kier alpha value is -1.30. The van der Waals surface area contributed by atoms with E-state index in [1.54, 1.807) is 6.92 Å². The molecule has 116 valence electrons. The zero-order chi connectivity index (χ0) is 14.8. The van der Waals surface area contributed by atoms with Crippen molar-refractivity contribution in [2.75, 3.05) is 33.0 Å². The Morgan fingerprint density at radius 1 is 1.15 bits per heavy atom. The van der Waals surface area contributed by atoms with Gasteiger partial charge in [-0.25, -0.2) is 4.79 Å². The van der Waals surface area contributed by atoms with E-state index in [-0.39, 0.29) is 13.2 Å². The number of esters is 1. The zero-order valence-corrected chi connectivity index (χ0v) is 12.3. The molecule has 1 saturated heterocycles. The van der Waals surface area contributed by atoms with Gasteiger partial charge in [-0.1, -0.05) is 13.3 Å². The summed E-state index contributed by atoms with van der Waals surface area (Å²) in [7, 11) is 0. The van der Waals surface area contributed by atoms with E-state index in [0.29, 0.717) is 13.2 Å². The van der Waals surface area contributed by atoms with Crippen LogP contribution in [0.15, 0.2) is 0 Å². The van der Waals surface area contributed by atoms with E-state index in [9.17, 15) is 9.59 Å². The van der Waals surface area contributed by atoms with Crippen LogP contribution in [0.4, 0.5) is 4.79 Å². The maximum Gasteiger partial charge on any atom is 0.508 e. The molecule has 0 amide bonds. The smallest absolute Gasteiger partial charge is 0.465 e. The van der Waals surface area contributed by atoms with Crippen LogP contribution in [0.5, 0.6) is 0 Å². The summed E-state index contributed by atoms with van der Waals surface area (Å²) in [6.07, 6.45) is 3.09. The van der Waals surface area contributed by atoms with E-state index >= 15 is 0 Å². The van der Waals surface area contributed by atoms with Crippen molar-refractivity contribution >= 4 is 12.1 Å².